The average molecular weight is 156 g/mol. The maximum Gasteiger partial charge on any atom is 0.120 e. The Kier molecular flexibility index (Phi) is 2.94. The SMILES string of the molecule is CC(C)COC1=CCC[C@@H]1O. The van der Waals surface area contributed by atoms with Gasteiger partial charge in [-0.3, -0.25) is 0 Å². The predicted octanol–water partition coefficient (Wildman–Crippen LogP) is 1.70. The lowest BCUT2D eigenvalue weighted by Gasteiger charge is -2.12. The highest BCUT2D eigenvalue weighted by molar-refractivity contribution is 5.06. The first kappa shape index (κ1) is 8.60. The van der Waals surface area contributed by atoms with Gasteiger partial charge in [-0.15, -0.1) is 0 Å². The van der Waals surface area contributed by atoms with Gasteiger partial charge in [0, 0.05) is 0 Å². The quantitative estimate of drug-likeness (QED) is 0.674. The van der Waals surface area contributed by atoms with Crippen LogP contribution in [-0.4, -0.2) is 17.8 Å². The van der Waals surface area contributed by atoms with Gasteiger partial charge in [0.05, 0.1) is 6.61 Å². The first-order valence-electron chi connectivity index (χ1n) is 4.21. The molecule has 1 rings (SSSR count). The van der Waals surface area contributed by atoms with Gasteiger partial charge >= 0.3 is 0 Å². The Hall–Kier alpha value is -0.500. The fraction of sp³-hybridized carbons (Fsp3) is 0.778. The summed E-state index contributed by atoms with van der Waals surface area (Å²) in [4.78, 5) is 0. The molecule has 1 N–H and O–H groups in total. The number of aliphatic hydroxyl groups excluding tert-OH is 1. The summed E-state index contributed by atoms with van der Waals surface area (Å²) in [5, 5.41) is 9.31. The summed E-state index contributed by atoms with van der Waals surface area (Å²) in [6.07, 6.45) is 3.42. The Morgan fingerprint density at radius 3 is 2.91 bits per heavy atom. The van der Waals surface area contributed by atoms with Crippen LogP contribution >= 0.6 is 0 Å². The van der Waals surface area contributed by atoms with Crippen molar-refractivity contribution in [2.24, 2.45) is 5.92 Å². The van der Waals surface area contributed by atoms with Crippen molar-refractivity contribution in [2.75, 3.05) is 6.61 Å². The summed E-state index contributed by atoms with van der Waals surface area (Å²) in [5.41, 5.74) is 0. The summed E-state index contributed by atoms with van der Waals surface area (Å²) in [7, 11) is 0. The number of hydrogen-bond donors (Lipinski definition) is 1. The van der Waals surface area contributed by atoms with Crippen molar-refractivity contribution in [3.8, 4) is 0 Å². The first-order valence-corrected chi connectivity index (χ1v) is 4.21. The van der Waals surface area contributed by atoms with Crippen LogP contribution in [0.1, 0.15) is 26.7 Å². The van der Waals surface area contributed by atoms with E-state index in [1.165, 1.54) is 0 Å². The van der Waals surface area contributed by atoms with Gasteiger partial charge in [-0.25, -0.2) is 0 Å². The largest absolute Gasteiger partial charge is 0.495 e. The topological polar surface area (TPSA) is 29.5 Å². The number of rotatable bonds is 3. The molecule has 0 heterocycles. The second-order valence-electron chi connectivity index (χ2n) is 3.40. The van der Waals surface area contributed by atoms with Crippen LogP contribution in [0, 0.1) is 5.92 Å². The Bertz CT molecular complexity index is 150. The first-order chi connectivity index (χ1) is 5.20. The molecule has 0 radical (unpaired) electrons. The molecule has 1 atom stereocenters. The van der Waals surface area contributed by atoms with Gasteiger partial charge in [0.1, 0.15) is 11.9 Å². The van der Waals surface area contributed by atoms with Crippen molar-refractivity contribution < 1.29 is 9.84 Å². The maximum atomic E-state index is 9.31. The zero-order chi connectivity index (χ0) is 8.27. The standard InChI is InChI=1S/C9H16O2/c1-7(2)6-11-9-5-3-4-8(9)10/h5,7-8,10H,3-4,6H2,1-2H3/t8-/m0/s1. The smallest absolute Gasteiger partial charge is 0.120 e. The Labute approximate surface area is 67.9 Å². The van der Waals surface area contributed by atoms with Gasteiger partial charge in [-0.05, 0) is 24.8 Å². The summed E-state index contributed by atoms with van der Waals surface area (Å²) >= 11 is 0. The fourth-order valence-corrected chi connectivity index (χ4v) is 1.08. The molecular weight excluding hydrogens is 140 g/mol. The van der Waals surface area contributed by atoms with Crippen LogP contribution < -0.4 is 0 Å². The molecule has 0 aromatic carbocycles. The Morgan fingerprint density at radius 2 is 2.45 bits per heavy atom. The Balaban J connectivity index is 2.26. The lowest BCUT2D eigenvalue weighted by atomic mass is 10.2. The molecule has 0 fully saturated rings. The van der Waals surface area contributed by atoms with Crippen LogP contribution in [0.15, 0.2) is 11.8 Å². The van der Waals surface area contributed by atoms with Crippen LogP contribution in [-0.2, 0) is 4.74 Å². The molecule has 1 aliphatic rings. The van der Waals surface area contributed by atoms with Gasteiger partial charge in [-0.2, -0.15) is 0 Å². The van der Waals surface area contributed by atoms with Gasteiger partial charge < -0.3 is 9.84 Å². The highest BCUT2D eigenvalue weighted by atomic mass is 16.5. The third-order valence-corrected chi connectivity index (χ3v) is 1.70. The van der Waals surface area contributed by atoms with Crippen molar-refractivity contribution in [1.29, 1.82) is 0 Å². The molecule has 2 nitrogen and oxygen atoms in total. The highest BCUT2D eigenvalue weighted by Crippen LogP contribution is 2.19. The predicted molar refractivity (Wildman–Crippen MR) is 44.1 cm³/mol. The molecule has 0 bridgehead atoms. The van der Waals surface area contributed by atoms with Crippen LogP contribution in [0.5, 0.6) is 0 Å². The van der Waals surface area contributed by atoms with Gasteiger partial charge in [0.25, 0.3) is 0 Å². The number of hydrogen-bond acceptors (Lipinski definition) is 2. The van der Waals surface area contributed by atoms with E-state index in [1.807, 2.05) is 6.08 Å². The third-order valence-electron chi connectivity index (χ3n) is 1.70. The molecule has 0 saturated heterocycles. The van der Waals surface area contributed by atoms with Gasteiger partial charge in [0.15, 0.2) is 0 Å². The summed E-state index contributed by atoms with van der Waals surface area (Å²) in [5.74, 6) is 1.31. The lowest BCUT2D eigenvalue weighted by molar-refractivity contribution is 0.0951. The zero-order valence-corrected chi connectivity index (χ0v) is 7.21. The van der Waals surface area contributed by atoms with E-state index in [2.05, 4.69) is 13.8 Å². The minimum absolute atomic E-state index is 0.339. The molecule has 1 aliphatic carbocycles. The van der Waals surface area contributed by atoms with E-state index in [9.17, 15) is 5.11 Å². The summed E-state index contributed by atoms with van der Waals surface area (Å²) < 4.78 is 5.39. The monoisotopic (exact) mass is 156 g/mol. The fourth-order valence-electron chi connectivity index (χ4n) is 1.08. The third kappa shape index (κ3) is 2.54. The Morgan fingerprint density at radius 1 is 1.73 bits per heavy atom. The molecular formula is C9H16O2. The molecule has 11 heavy (non-hydrogen) atoms. The van der Waals surface area contributed by atoms with Crippen LogP contribution in [0.3, 0.4) is 0 Å². The molecule has 0 spiro atoms. The van der Waals surface area contributed by atoms with E-state index in [-0.39, 0.29) is 6.10 Å². The normalized spacial score (nSPS) is 24.0. The van der Waals surface area contributed by atoms with Crippen molar-refractivity contribution in [3.05, 3.63) is 11.8 Å². The van der Waals surface area contributed by atoms with E-state index in [0.29, 0.717) is 12.5 Å². The van der Waals surface area contributed by atoms with Crippen LogP contribution in [0.2, 0.25) is 0 Å². The van der Waals surface area contributed by atoms with Crippen LogP contribution in [0.4, 0.5) is 0 Å². The van der Waals surface area contributed by atoms with E-state index >= 15 is 0 Å². The van der Waals surface area contributed by atoms with Crippen LogP contribution in [0.25, 0.3) is 0 Å². The van der Waals surface area contributed by atoms with E-state index in [1.54, 1.807) is 0 Å². The molecule has 0 saturated carbocycles. The maximum absolute atomic E-state index is 9.31. The molecule has 0 amide bonds. The number of ether oxygens (including phenoxy) is 1. The average Bonchev–Trinajstić information content (AvgIpc) is 2.31. The second-order valence-corrected chi connectivity index (χ2v) is 3.40. The van der Waals surface area contributed by atoms with Crippen molar-refractivity contribution >= 4 is 0 Å². The molecule has 0 aromatic rings. The zero-order valence-electron chi connectivity index (χ0n) is 7.21. The minimum Gasteiger partial charge on any atom is -0.495 e. The van der Waals surface area contributed by atoms with Gasteiger partial charge in [0.2, 0.25) is 0 Å². The van der Waals surface area contributed by atoms with Crippen molar-refractivity contribution in [1.82, 2.24) is 0 Å². The molecule has 64 valence electrons. The van der Waals surface area contributed by atoms with Crippen molar-refractivity contribution in [2.45, 2.75) is 32.8 Å². The minimum atomic E-state index is -0.339. The summed E-state index contributed by atoms with van der Waals surface area (Å²) in [6, 6.07) is 0. The number of aliphatic hydroxyl groups is 1. The van der Waals surface area contributed by atoms with Crippen molar-refractivity contribution in [3.63, 3.8) is 0 Å². The molecule has 2 heteroatoms. The van der Waals surface area contributed by atoms with E-state index in [0.717, 1.165) is 18.6 Å². The van der Waals surface area contributed by atoms with Gasteiger partial charge in [-0.1, -0.05) is 13.8 Å². The van der Waals surface area contributed by atoms with E-state index in [4.69, 9.17) is 4.74 Å². The molecule has 0 aliphatic heterocycles. The lowest BCUT2D eigenvalue weighted by Crippen LogP contribution is -2.10. The molecule has 0 aromatic heterocycles. The summed E-state index contributed by atoms with van der Waals surface area (Å²) in [6.45, 7) is 4.91. The highest BCUT2D eigenvalue weighted by Gasteiger charge is 2.17. The second kappa shape index (κ2) is 3.77. The van der Waals surface area contributed by atoms with E-state index < -0.39 is 0 Å². The molecule has 0 unspecified atom stereocenters. The number of allylic oxidation sites excluding steroid dienone is 1.